The molecule has 7 nitrogen and oxygen atoms in total. The Labute approximate surface area is 112 Å². The number of sulfone groups is 1. The van der Waals surface area contributed by atoms with Gasteiger partial charge in [0.2, 0.25) is 0 Å². The van der Waals surface area contributed by atoms with E-state index in [1.165, 1.54) is 0 Å². The number of amides is 2. The Morgan fingerprint density at radius 2 is 2.00 bits per heavy atom. The molecule has 3 N–H and O–H groups in total. The maximum absolute atomic E-state index is 11.6. The summed E-state index contributed by atoms with van der Waals surface area (Å²) < 4.78 is 22.5. The largest absolute Gasteiger partial charge is 0.480 e. The van der Waals surface area contributed by atoms with E-state index in [9.17, 15) is 18.0 Å². The van der Waals surface area contributed by atoms with Gasteiger partial charge in [0, 0.05) is 6.04 Å². The van der Waals surface area contributed by atoms with Crippen molar-refractivity contribution in [1.29, 1.82) is 0 Å². The van der Waals surface area contributed by atoms with Crippen LogP contribution in [0.1, 0.15) is 26.7 Å². The molecule has 0 aliphatic carbocycles. The second kappa shape index (κ2) is 6.23. The number of carbonyl (C=O) groups excluding carboxylic acids is 1. The van der Waals surface area contributed by atoms with Gasteiger partial charge in [-0.15, -0.1) is 0 Å². The smallest absolute Gasteiger partial charge is 0.326 e. The third kappa shape index (κ3) is 5.46. The Balaban J connectivity index is 2.47. The lowest BCUT2D eigenvalue weighted by molar-refractivity contribution is -0.139. The van der Waals surface area contributed by atoms with E-state index >= 15 is 0 Å². The first-order chi connectivity index (χ1) is 8.69. The van der Waals surface area contributed by atoms with E-state index in [-0.39, 0.29) is 17.4 Å². The van der Waals surface area contributed by atoms with Gasteiger partial charge in [-0.2, -0.15) is 0 Å². The predicted octanol–water partition coefficient (Wildman–Crippen LogP) is -0.0280. The van der Waals surface area contributed by atoms with Gasteiger partial charge in [0.25, 0.3) is 0 Å². The van der Waals surface area contributed by atoms with E-state index in [2.05, 4.69) is 10.6 Å². The molecule has 0 aromatic rings. The number of hydrogen-bond donors (Lipinski definition) is 3. The normalized spacial score (nSPS) is 23.0. The van der Waals surface area contributed by atoms with Crippen molar-refractivity contribution in [2.75, 3.05) is 11.5 Å². The zero-order chi connectivity index (χ0) is 14.6. The van der Waals surface area contributed by atoms with Gasteiger partial charge >= 0.3 is 12.0 Å². The lowest BCUT2D eigenvalue weighted by atomic mass is 10.0. The number of hydrogen-bond acceptors (Lipinski definition) is 4. The third-order valence-corrected chi connectivity index (χ3v) is 4.65. The molecule has 0 bridgehead atoms. The summed E-state index contributed by atoms with van der Waals surface area (Å²) in [5, 5.41) is 13.8. The summed E-state index contributed by atoms with van der Waals surface area (Å²) in [5.74, 6) is -0.981. The molecule has 0 saturated carbocycles. The van der Waals surface area contributed by atoms with Crippen molar-refractivity contribution in [1.82, 2.24) is 10.6 Å². The van der Waals surface area contributed by atoms with Crippen molar-refractivity contribution in [3.8, 4) is 0 Å². The van der Waals surface area contributed by atoms with Crippen molar-refractivity contribution < 1.29 is 23.1 Å². The highest BCUT2D eigenvalue weighted by atomic mass is 32.2. The predicted molar refractivity (Wildman–Crippen MR) is 69.6 cm³/mol. The van der Waals surface area contributed by atoms with Crippen LogP contribution in [-0.4, -0.2) is 49.1 Å². The molecular formula is C11H20N2O5S. The first kappa shape index (κ1) is 15.7. The first-order valence-corrected chi connectivity index (χ1v) is 8.02. The number of aliphatic carboxylic acids is 1. The summed E-state index contributed by atoms with van der Waals surface area (Å²) in [6.45, 7) is 3.72. The van der Waals surface area contributed by atoms with Gasteiger partial charge in [-0.25, -0.2) is 18.0 Å². The average molecular weight is 292 g/mol. The quantitative estimate of drug-likeness (QED) is 0.659. The highest BCUT2D eigenvalue weighted by molar-refractivity contribution is 7.91. The maximum atomic E-state index is 11.6. The van der Waals surface area contributed by atoms with E-state index in [0.717, 1.165) is 0 Å². The van der Waals surface area contributed by atoms with E-state index < -0.39 is 33.9 Å². The molecule has 1 aliphatic heterocycles. The minimum atomic E-state index is -3.06. The average Bonchev–Trinajstić information content (AvgIpc) is 2.56. The van der Waals surface area contributed by atoms with E-state index in [1.54, 1.807) is 0 Å². The summed E-state index contributed by atoms with van der Waals surface area (Å²) in [6, 6.07) is -2.02. The van der Waals surface area contributed by atoms with Crippen molar-refractivity contribution in [3.63, 3.8) is 0 Å². The van der Waals surface area contributed by atoms with E-state index in [1.807, 2.05) is 13.8 Å². The number of urea groups is 1. The molecular weight excluding hydrogens is 272 g/mol. The second-order valence-corrected chi connectivity index (χ2v) is 7.47. The second-order valence-electron chi connectivity index (χ2n) is 5.24. The lowest BCUT2D eigenvalue weighted by Crippen LogP contribution is -2.49. The summed E-state index contributed by atoms with van der Waals surface area (Å²) in [5.41, 5.74) is 0. The molecule has 0 spiro atoms. The molecule has 2 atom stereocenters. The minimum absolute atomic E-state index is 0.0618. The van der Waals surface area contributed by atoms with Crippen molar-refractivity contribution in [2.45, 2.75) is 38.8 Å². The highest BCUT2D eigenvalue weighted by Gasteiger charge is 2.30. The molecule has 0 aromatic heterocycles. The highest BCUT2D eigenvalue weighted by Crippen LogP contribution is 2.11. The number of nitrogens with one attached hydrogen (secondary N) is 2. The SMILES string of the molecule is CC(C)C[C@H](NC(=O)N[C@H]1CCS(=O)(=O)C1)C(=O)O. The number of carbonyl (C=O) groups is 2. The van der Waals surface area contributed by atoms with Crippen molar-refractivity contribution >= 4 is 21.8 Å². The lowest BCUT2D eigenvalue weighted by Gasteiger charge is -2.18. The van der Waals surface area contributed by atoms with Crippen LogP contribution in [0.2, 0.25) is 0 Å². The molecule has 0 aromatic carbocycles. The van der Waals surface area contributed by atoms with Gasteiger partial charge in [0.15, 0.2) is 9.84 Å². The van der Waals surface area contributed by atoms with Crippen molar-refractivity contribution in [3.05, 3.63) is 0 Å². The van der Waals surface area contributed by atoms with Crippen LogP contribution in [-0.2, 0) is 14.6 Å². The van der Waals surface area contributed by atoms with E-state index in [4.69, 9.17) is 5.11 Å². The molecule has 2 amide bonds. The van der Waals surface area contributed by atoms with Crippen LogP contribution in [0.5, 0.6) is 0 Å². The van der Waals surface area contributed by atoms with Gasteiger partial charge in [-0.1, -0.05) is 13.8 Å². The van der Waals surface area contributed by atoms with Gasteiger partial charge in [-0.05, 0) is 18.8 Å². The number of rotatable bonds is 5. The first-order valence-electron chi connectivity index (χ1n) is 6.20. The fourth-order valence-corrected chi connectivity index (χ4v) is 3.66. The topological polar surface area (TPSA) is 113 Å². The van der Waals surface area contributed by atoms with Crippen LogP contribution in [0.25, 0.3) is 0 Å². The van der Waals surface area contributed by atoms with Crippen molar-refractivity contribution in [2.24, 2.45) is 5.92 Å². The Hall–Kier alpha value is -1.31. The van der Waals surface area contributed by atoms with Crippen LogP contribution in [0.4, 0.5) is 4.79 Å². The molecule has 0 unspecified atom stereocenters. The summed E-state index contributed by atoms with van der Waals surface area (Å²) in [6.07, 6.45) is 0.698. The molecule has 1 fully saturated rings. The van der Waals surface area contributed by atoms with Crippen LogP contribution in [0, 0.1) is 5.92 Å². The van der Waals surface area contributed by atoms with Gasteiger partial charge in [0.1, 0.15) is 6.04 Å². The van der Waals surface area contributed by atoms with Crippen LogP contribution in [0.3, 0.4) is 0 Å². The fraction of sp³-hybridized carbons (Fsp3) is 0.818. The molecule has 110 valence electrons. The molecule has 8 heteroatoms. The standard InChI is InChI=1S/C11H20N2O5S/c1-7(2)5-9(10(14)15)13-11(16)12-8-3-4-19(17,18)6-8/h7-9H,3-6H2,1-2H3,(H,14,15)(H2,12,13,16)/t8-,9-/m0/s1. The molecule has 1 aliphatic rings. The van der Waals surface area contributed by atoms with Gasteiger partial charge in [-0.3, -0.25) is 0 Å². The minimum Gasteiger partial charge on any atom is -0.480 e. The van der Waals surface area contributed by atoms with Gasteiger partial charge < -0.3 is 15.7 Å². The Morgan fingerprint density at radius 3 is 2.42 bits per heavy atom. The summed E-state index contributed by atoms with van der Waals surface area (Å²) in [4.78, 5) is 22.6. The third-order valence-electron chi connectivity index (χ3n) is 2.88. The zero-order valence-corrected chi connectivity index (χ0v) is 11.9. The Morgan fingerprint density at radius 1 is 1.37 bits per heavy atom. The Bertz CT molecular complexity index is 446. The van der Waals surface area contributed by atoms with Crippen LogP contribution >= 0.6 is 0 Å². The summed E-state index contributed by atoms with van der Waals surface area (Å²) in [7, 11) is -3.06. The van der Waals surface area contributed by atoms with Gasteiger partial charge in [0.05, 0.1) is 11.5 Å². The zero-order valence-electron chi connectivity index (χ0n) is 11.0. The monoisotopic (exact) mass is 292 g/mol. The number of carboxylic acid groups (broad SMARTS) is 1. The molecule has 19 heavy (non-hydrogen) atoms. The number of carboxylic acids is 1. The molecule has 0 radical (unpaired) electrons. The fourth-order valence-electron chi connectivity index (χ4n) is 1.99. The maximum Gasteiger partial charge on any atom is 0.326 e. The van der Waals surface area contributed by atoms with E-state index in [0.29, 0.717) is 12.8 Å². The van der Waals surface area contributed by atoms with Crippen LogP contribution < -0.4 is 10.6 Å². The summed E-state index contributed by atoms with van der Waals surface area (Å²) >= 11 is 0. The molecule has 1 saturated heterocycles. The van der Waals surface area contributed by atoms with Crippen LogP contribution in [0.15, 0.2) is 0 Å². The Kier molecular flexibility index (Phi) is 5.16. The molecule has 1 heterocycles. The molecule has 1 rings (SSSR count).